The van der Waals surface area contributed by atoms with Gasteiger partial charge in [0.25, 0.3) is 0 Å². The molecule has 17 heteroatoms. The Kier molecular flexibility index (Phi) is 9.63. The van der Waals surface area contributed by atoms with Gasteiger partial charge in [-0.3, -0.25) is 14.6 Å². The van der Waals surface area contributed by atoms with E-state index in [1.165, 1.54) is 24.4 Å². The summed E-state index contributed by atoms with van der Waals surface area (Å²) in [5.74, 6) is -2.01. The number of rotatable bonds is 5. The average molecular weight is 817 g/mol. The third kappa shape index (κ3) is 6.96. The fourth-order valence-corrected chi connectivity index (χ4v) is 9.66. The number of carbonyl (C=O) groups excluding carboxylic acids is 2. The molecule has 10 rings (SSSR count). The van der Waals surface area contributed by atoms with Gasteiger partial charge in [-0.1, -0.05) is 6.07 Å². The van der Waals surface area contributed by atoms with E-state index in [1.54, 1.807) is 43.5 Å². The SMILES string of the molecule is Cc1nn(C)c(C)c1C(=O)Oc1cc2c3c(c(F)ccc3c1)CCCOC(=O)N[C@]1(C)C[C@@H](F)CN(C1)c1nc(OC[C@@]34CCCN3C[C@H](F)C4)nc3c(F)c-2ncc13. The highest BCUT2D eigenvalue weighted by molar-refractivity contribution is 6.03. The number of aromatic nitrogens is 5. The molecule has 8 heterocycles. The van der Waals surface area contributed by atoms with Gasteiger partial charge in [0.15, 0.2) is 5.82 Å². The van der Waals surface area contributed by atoms with Gasteiger partial charge in [-0.2, -0.15) is 15.1 Å². The monoisotopic (exact) mass is 816 g/mol. The Morgan fingerprint density at radius 2 is 1.90 bits per heavy atom. The normalized spacial score (nSPS) is 24.7. The number of nitrogens with one attached hydrogen (secondary N) is 1. The molecule has 5 aliphatic rings. The number of piperidine rings is 1. The molecule has 3 aromatic heterocycles. The summed E-state index contributed by atoms with van der Waals surface area (Å²) in [4.78, 5) is 44.3. The molecule has 1 N–H and O–H groups in total. The summed E-state index contributed by atoms with van der Waals surface area (Å²) in [5.41, 5.74) is -0.517. The highest BCUT2D eigenvalue weighted by Gasteiger charge is 2.49. The first-order valence-electron chi connectivity index (χ1n) is 19.9. The van der Waals surface area contributed by atoms with Crippen LogP contribution in [0.1, 0.15) is 66.3 Å². The van der Waals surface area contributed by atoms with Gasteiger partial charge in [-0.15, -0.1) is 0 Å². The summed E-state index contributed by atoms with van der Waals surface area (Å²) in [5, 5.41) is 8.00. The quantitative estimate of drug-likeness (QED) is 0.116. The van der Waals surface area contributed by atoms with Crippen LogP contribution in [0.15, 0.2) is 30.5 Å². The minimum absolute atomic E-state index is 0.0279. The van der Waals surface area contributed by atoms with Crippen molar-refractivity contribution in [3.05, 3.63) is 64.6 Å². The summed E-state index contributed by atoms with van der Waals surface area (Å²) in [6, 6.07) is 5.57. The van der Waals surface area contributed by atoms with E-state index in [4.69, 9.17) is 19.2 Å². The molecule has 0 aliphatic carbocycles. The lowest BCUT2D eigenvalue weighted by molar-refractivity contribution is 0.0733. The van der Waals surface area contributed by atoms with E-state index in [1.807, 2.05) is 0 Å². The Hall–Kier alpha value is -5.58. The Morgan fingerprint density at radius 3 is 2.69 bits per heavy atom. The summed E-state index contributed by atoms with van der Waals surface area (Å²) >= 11 is 0. The van der Waals surface area contributed by atoms with E-state index < -0.39 is 47.1 Å². The molecule has 0 spiro atoms. The van der Waals surface area contributed by atoms with Gasteiger partial charge in [0.05, 0.1) is 35.3 Å². The van der Waals surface area contributed by atoms with Crippen LogP contribution in [-0.4, -0.2) is 105 Å². The maximum absolute atomic E-state index is 17.6. The van der Waals surface area contributed by atoms with Crippen molar-refractivity contribution in [2.45, 2.75) is 82.7 Å². The molecule has 1 amide bonds. The van der Waals surface area contributed by atoms with Crippen molar-refractivity contribution < 1.29 is 41.4 Å². The van der Waals surface area contributed by atoms with Crippen LogP contribution in [0.3, 0.4) is 0 Å². The molecule has 0 unspecified atom stereocenters. The number of alkyl halides is 2. The standard InChI is InChI=1S/C42H44F4N8O5/c1-22-32(23(2)52(4)51-22)38(55)59-27-13-24-8-9-31(45)28-7-5-12-57-40(56)50-41(3)15-25(43)18-53(20-41)37-30-17-47-35(29(14-27)33(24)28)34(46)36(30)48-39(49-37)58-21-42-10-6-11-54(42)19-26(44)16-42/h8-9,13-14,17,25-26H,5-7,10-12,15-16,18-21H2,1-4H3,(H,50,56)/t25-,26-,41-,42+/m1/s1. The smallest absolute Gasteiger partial charge is 0.407 e. The van der Waals surface area contributed by atoms with Gasteiger partial charge in [-0.25, -0.2) is 27.2 Å². The lowest BCUT2D eigenvalue weighted by Crippen LogP contribution is -2.60. The maximum atomic E-state index is 17.6. The number of carbonyl (C=O) groups is 2. The van der Waals surface area contributed by atoms with E-state index in [0.717, 1.165) is 13.0 Å². The Morgan fingerprint density at radius 1 is 1.08 bits per heavy atom. The number of hydrogen-bond acceptors (Lipinski definition) is 11. The number of anilines is 1. The first-order chi connectivity index (χ1) is 28.2. The molecular weight excluding hydrogens is 773 g/mol. The van der Waals surface area contributed by atoms with E-state index in [2.05, 4.69) is 25.3 Å². The predicted molar refractivity (Wildman–Crippen MR) is 209 cm³/mol. The van der Waals surface area contributed by atoms with Crippen LogP contribution >= 0.6 is 0 Å². The zero-order valence-corrected chi connectivity index (χ0v) is 33.2. The lowest BCUT2D eigenvalue weighted by atomic mass is 9.90. The van der Waals surface area contributed by atoms with Crippen LogP contribution in [0.25, 0.3) is 32.9 Å². The van der Waals surface area contributed by atoms with Gasteiger partial charge >= 0.3 is 18.1 Å². The van der Waals surface area contributed by atoms with Crippen LogP contribution < -0.4 is 19.7 Å². The minimum atomic E-state index is -1.43. The second-order valence-electron chi connectivity index (χ2n) is 16.6. The number of alkyl carbamates (subject to hydrolysis) is 1. The largest absolute Gasteiger partial charge is 0.461 e. The zero-order chi connectivity index (χ0) is 41.4. The van der Waals surface area contributed by atoms with Crippen LogP contribution in [0.5, 0.6) is 11.8 Å². The number of pyridine rings is 1. The first kappa shape index (κ1) is 38.9. The van der Waals surface area contributed by atoms with Crippen LogP contribution in [0, 0.1) is 25.5 Å². The fraction of sp³-hybridized carbons (Fsp3) is 0.476. The molecule has 2 aromatic carbocycles. The maximum Gasteiger partial charge on any atom is 0.407 e. The van der Waals surface area contributed by atoms with Gasteiger partial charge in [-0.05, 0) is 87.5 Å². The topological polar surface area (TPSA) is 137 Å². The average Bonchev–Trinajstić information content (AvgIpc) is 3.79. The molecule has 13 nitrogen and oxygen atoms in total. The predicted octanol–water partition coefficient (Wildman–Crippen LogP) is 6.63. The molecule has 0 saturated carbocycles. The molecule has 310 valence electrons. The van der Waals surface area contributed by atoms with E-state index in [0.29, 0.717) is 35.1 Å². The third-order valence-electron chi connectivity index (χ3n) is 12.3. The molecule has 5 aliphatic heterocycles. The number of amides is 1. The number of nitrogens with zero attached hydrogens (tertiary/aromatic N) is 7. The highest BCUT2D eigenvalue weighted by atomic mass is 19.1. The fourth-order valence-electron chi connectivity index (χ4n) is 9.66. The van der Waals surface area contributed by atoms with E-state index in [-0.39, 0.29) is 103 Å². The van der Waals surface area contributed by atoms with Crippen molar-refractivity contribution >= 4 is 39.6 Å². The molecule has 3 fully saturated rings. The lowest BCUT2D eigenvalue weighted by Gasteiger charge is -2.42. The van der Waals surface area contributed by atoms with Crippen molar-refractivity contribution in [2.24, 2.45) is 7.05 Å². The second kappa shape index (κ2) is 14.6. The summed E-state index contributed by atoms with van der Waals surface area (Å²) < 4.78 is 83.2. The number of benzene rings is 2. The Labute approximate surface area is 337 Å². The Balaban J connectivity index is 1.23. The van der Waals surface area contributed by atoms with Gasteiger partial charge in [0.1, 0.15) is 53.1 Å². The van der Waals surface area contributed by atoms with Gasteiger partial charge < -0.3 is 24.4 Å². The molecule has 0 radical (unpaired) electrons. The molecular formula is C42H44F4N8O5. The molecule has 4 atom stereocenters. The zero-order valence-electron chi connectivity index (χ0n) is 33.2. The second-order valence-corrected chi connectivity index (χ2v) is 16.6. The van der Waals surface area contributed by atoms with Crippen molar-refractivity contribution in [3.63, 3.8) is 0 Å². The minimum Gasteiger partial charge on any atom is -0.461 e. The number of esters is 1. The van der Waals surface area contributed by atoms with E-state index >= 15 is 13.2 Å². The van der Waals surface area contributed by atoms with Crippen molar-refractivity contribution in [2.75, 3.05) is 44.3 Å². The summed E-state index contributed by atoms with van der Waals surface area (Å²) in [6.07, 6.45) is 0.255. The van der Waals surface area contributed by atoms with Gasteiger partial charge in [0.2, 0.25) is 0 Å². The molecule has 5 aromatic rings. The van der Waals surface area contributed by atoms with Crippen LogP contribution in [-0.2, 0) is 18.2 Å². The summed E-state index contributed by atoms with van der Waals surface area (Å²) in [7, 11) is 1.71. The summed E-state index contributed by atoms with van der Waals surface area (Å²) in [6.45, 7) is 6.02. The number of hydrogen-bond donors (Lipinski definition) is 1. The molecule has 59 heavy (non-hydrogen) atoms. The van der Waals surface area contributed by atoms with E-state index in [9.17, 15) is 14.0 Å². The number of aryl methyl sites for hydroxylation is 3. The van der Waals surface area contributed by atoms with Crippen molar-refractivity contribution in [1.29, 1.82) is 0 Å². The van der Waals surface area contributed by atoms with Gasteiger partial charge in [0, 0.05) is 50.4 Å². The molecule has 3 saturated heterocycles. The van der Waals surface area contributed by atoms with Crippen LogP contribution in [0.2, 0.25) is 0 Å². The Bertz CT molecular complexity index is 2540. The van der Waals surface area contributed by atoms with Crippen molar-refractivity contribution in [3.8, 4) is 23.0 Å². The number of ether oxygens (including phenoxy) is 3. The number of halogens is 4. The first-order valence-corrected chi connectivity index (χ1v) is 19.9. The van der Waals surface area contributed by atoms with Crippen molar-refractivity contribution in [1.82, 2.24) is 34.9 Å². The van der Waals surface area contributed by atoms with Crippen LogP contribution in [0.4, 0.5) is 28.2 Å². The molecule has 6 bridgehead atoms. The third-order valence-corrected chi connectivity index (χ3v) is 12.3. The highest BCUT2D eigenvalue weighted by Crippen LogP contribution is 2.43. The number of fused-ring (bicyclic) bond motifs is 7.